The molecule has 3 nitrogen and oxygen atoms in total. The van der Waals surface area contributed by atoms with Crippen LogP contribution in [0.25, 0.3) is 10.8 Å². The first-order valence-electron chi connectivity index (χ1n) is 5.72. The first-order valence-corrected chi connectivity index (χ1v) is 5.72. The van der Waals surface area contributed by atoms with Gasteiger partial charge in [-0.25, -0.2) is 4.39 Å². The quantitative estimate of drug-likeness (QED) is 0.838. The first-order chi connectivity index (χ1) is 8.38. The van der Waals surface area contributed by atoms with Crippen molar-refractivity contribution in [2.45, 2.75) is 20.8 Å². The van der Waals surface area contributed by atoms with Gasteiger partial charge in [-0.15, -0.1) is 0 Å². The van der Waals surface area contributed by atoms with E-state index in [0.717, 1.165) is 5.39 Å². The molecule has 0 spiro atoms. The zero-order valence-corrected chi connectivity index (χ0v) is 10.6. The van der Waals surface area contributed by atoms with Crippen LogP contribution in [0.4, 0.5) is 10.1 Å². The van der Waals surface area contributed by atoms with Gasteiger partial charge < -0.3 is 5.32 Å². The molecule has 18 heavy (non-hydrogen) atoms. The highest BCUT2D eigenvalue weighted by atomic mass is 19.1. The van der Waals surface area contributed by atoms with Crippen LogP contribution >= 0.6 is 0 Å². The van der Waals surface area contributed by atoms with E-state index < -0.39 is 5.41 Å². The minimum atomic E-state index is -0.522. The lowest BCUT2D eigenvalue weighted by Crippen LogP contribution is -2.27. The lowest BCUT2D eigenvalue weighted by molar-refractivity contribution is -0.123. The molecule has 0 radical (unpaired) electrons. The lowest BCUT2D eigenvalue weighted by Gasteiger charge is -2.18. The fourth-order valence-corrected chi connectivity index (χ4v) is 1.59. The molecule has 0 aliphatic rings. The molecule has 0 fully saturated rings. The van der Waals surface area contributed by atoms with Crippen LogP contribution < -0.4 is 5.32 Å². The molecule has 4 heteroatoms. The molecule has 2 rings (SSSR count). The highest BCUT2D eigenvalue weighted by molar-refractivity contribution is 6.03. The third-order valence-electron chi connectivity index (χ3n) is 2.65. The molecule has 0 aliphatic carbocycles. The van der Waals surface area contributed by atoms with E-state index >= 15 is 0 Å². The highest BCUT2D eigenvalue weighted by Crippen LogP contribution is 2.26. The van der Waals surface area contributed by atoms with E-state index in [-0.39, 0.29) is 11.7 Å². The summed E-state index contributed by atoms with van der Waals surface area (Å²) >= 11 is 0. The Kier molecular flexibility index (Phi) is 3.03. The second kappa shape index (κ2) is 4.37. The van der Waals surface area contributed by atoms with Gasteiger partial charge in [-0.2, -0.15) is 0 Å². The van der Waals surface area contributed by atoms with Gasteiger partial charge in [0.15, 0.2) is 0 Å². The van der Waals surface area contributed by atoms with Gasteiger partial charge in [0, 0.05) is 28.6 Å². The van der Waals surface area contributed by atoms with Crippen molar-refractivity contribution in [1.82, 2.24) is 4.98 Å². The number of hydrogen-bond donors (Lipinski definition) is 1. The van der Waals surface area contributed by atoms with E-state index in [9.17, 15) is 9.18 Å². The lowest BCUT2D eigenvalue weighted by atomic mass is 9.95. The zero-order valence-electron chi connectivity index (χ0n) is 10.6. The Bertz CT molecular complexity index is 602. The summed E-state index contributed by atoms with van der Waals surface area (Å²) in [6.07, 6.45) is 3.19. The number of benzene rings is 1. The molecule has 1 amide bonds. The van der Waals surface area contributed by atoms with Crippen LogP contribution in [-0.2, 0) is 4.79 Å². The van der Waals surface area contributed by atoms with Gasteiger partial charge in [0.1, 0.15) is 5.82 Å². The predicted octanol–water partition coefficient (Wildman–Crippen LogP) is 3.36. The van der Waals surface area contributed by atoms with E-state index in [1.165, 1.54) is 12.1 Å². The number of halogens is 1. The van der Waals surface area contributed by atoms with Gasteiger partial charge in [0.2, 0.25) is 5.91 Å². The van der Waals surface area contributed by atoms with Crippen molar-refractivity contribution in [1.29, 1.82) is 0 Å². The largest absolute Gasteiger partial charge is 0.325 e. The monoisotopic (exact) mass is 246 g/mol. The summed E-state index contributed by atoms with van der Waals surface area (Å²) < 4.78 is 13.5. The third-order valence-corrected chi connectivity index (χ3v) is 2.65. The fraction of sp³-hybridized carbons (Fsp3) is 0.286. The van der Waals surface area contributed by atoms with Gasteiger partial charge in [-0.05, 0) is 18.2 Å². The summed E-state index contributed by atoms with van der Waals surface area (Å²) in [6.45, 7) is 5.43. The molecule has 1 N–H and O–H groups in total. The molecule has 1 aromatic heterocycles. The Hall–Kier alpha value is -1.97. The van der Waals surface area contributed by atoms with Gasteiger partial charge in [0.05, 0.1) is 5.69 Å². The molecule has 0 aliphatic heterocycles. The maximum atomic E-state index is 13.5. The van der Waals surface area contributed by atoms with E-state index in [2.05, 4.69) is 10.3 Å². The van der Waals surface area contributed by atoms with Crippen molar-refractivity contribution in [3.05, 3.63) is 36.4 Å². The number of carbonyl (C=O) groups excluding carboxylic acids is 1. The van der Waals surface area contributed by atoms with Gasteiger partial charge in [-0.1, -0.05) is 20.8 Å². The first kappa shape index (κ1) is 12.5. The maximum Gasteiger partial charge on any atom is 0.229 e. The molecule has 2 aromatic rings. The van der Waals surface area contributed by atoms with Crippen molar-refractivity contribution >= 4 is 22.4 Å². The Balaban J connectivity index is 2.48. The summed E-state index contributed by atoms with van der Waals surface area (Å²) in [5.41, 5.74) is -0.0431. The average Bonchev–Trinajstić information content (AvgIpc) is 2.27. The minimum Gasteiger partial charge on any atom is -0.325 e. The van der Waals surface area contributed by atoms with Gasteiger partial charge in [-0.3, -0.25) is 9.78 Å². The van der Waals surface area contributed by atoms with E-state index in [4.69, 9.17) is 0 Å². The number of pyridine rings is 1. The molecule has 0 saturated heterocycles. The van der Waals surface area contributed by atoms with Crippen molar-refractivity contribution in [3.63, 3.8) is 0 Å². The molecule has 0 saturated carbocycles. The van der Waals surface area contributed by atoms with Crippen LogP contribution in [0.15, 0.2) is 30.6 Å². The summed E-state index contributed by atoms with van der Waals surface area (Å²) in [6, 6.07) is 4.48. The number of amides is 1. The standard InChI is InChI=1S/C14H15FN2O/c1-14(2,3)13(18)17-12-7-10(15)6-9-8-16-5-4-11(9)12/h4-8H,1-3H3,(H,17,18). The third kappa shape index (κ3) is 2.47. The van der Waals surface area contributed by atoms with Crippen LogP contribution in [0.2, 0.25) is 0 Å². The number of aromatic nitrogens is 1. The van der Waals surface area contributed by atoms with E-state index in [1.807, 2.05) is 20.8 Å². The van der Waals surface area contributed by atoms with Crippen molar-refractivity contribution in [3.8, 4) is 0 Å². The average molecular weight is 246 g/mol. The Morgan fingerprint density at radius 1 is 1.33 bits per heavy atom. The second-order valence-corrected chi connectivity index (χ2v) is 5.25. The Labute approximate surface area is 105 Å². The summed E-state index contributed by atoms with van der Waals surface area (Å²) in [7, 11) is 0. The number of carbonyl (C=O) groups is 1. The number of nitrogens with one attached hydrogen (secondary N) is 1. The van der Waals surface area contributed by atoms with Crippen molar-refractivity contribution in [2.24, 2.45) is 5.41 Å². The zero-order chi connectivity index (χ0) is 13.3. The second-order valence-electron chi connectivity index (χ2n) is 5.25. The number of rotatable bonds is 1. The van der Waals surface area contributed by atoms with Crippen LogP contribution in [0.1, 0.15) is 20.8 Å². The SMILES string of the molecule is CC(C)(C)C(=O)Nc1cc(F)cc2cnccc12. The van der Waals surface area contributed by atoms with Crippen LogP contribution in [0.5, 0.6) is 0 Å². The maximum absolute atomic E-state index is 13.5. The topological polar surface area (TPSA) is 42.0 Å². The molecule has 0 atom stereocenters. The van der Waals surface area contributed by atoms with Gasteiger partial charge >= 0.3 is 0 Å². The summed E-state index contributed by atoms with van der Waals surface area (Å²) in [4.78, 5) is 15.9. The highest BCUT2D eigenvalue weighted by Gasteiger charge is 2.22. The molecular formula is C14H15FN2O. The van der Waals surface area contributed by atoms with Crippen LogP contribution in [-0.4, -0.2) is 10.9 Å². The number of hydrogen-bond acceptors (Lipinski definition) is 2. The molecule has 0 bridgehead atoms. The molecule has 1 heterocycles. The summed E-state index contributed by atoms with van der Waals surface area (Å²) in [5, 5.41) is 4.21. The van der Waals surface area contributed by atoms with Crippen LogP contribution in [0.3, 0.4) is 0 Å². The van der Waals surface area contributed by atoms with Crippen molar-refractivity contribution < 1.29 is 9.18 Å². The molecule has 1 aromatic carbocycles. The molecule has 0 unspecified atom stereocenters. The van der Waals surface area contributed by atoms with Crippen molar-refractivity contribution in [2.75, 3.05) is 5.32 Å². The normalized spacial score (nSPS) is 11.6. The predicted molar refractivity (Wildman–Crippen MR) is 69.8 cm³/mol. The Morgan fingerprint density at radius 2 is 2.06 bits per heavy atom. The molecule has 94 valence electrons. The smallest absolute Gasteiger partial charge is 0.229 e. The molecular weight excluding hydrogens is 231 g/mol. The number of anilines is 1. The van der Waals surface area contributed by atoms with E-state index in [0.29, 0.717) is 11.1 Å². The number of fused-ring (bicyclic) bond motifs is 1. The fourth-order valence-electron chi connectivity index (χ4n) is 1.59. The number of nitrogens with zero attached hydrogens (tertiary/aromatic N) is 1. The van der Waals surface area contributed by atoms with E-state index in [1.54, 1.807) is 18.5 Å². The Morgan fingerprint density at radius 3 is 2.72 bits per heavy atom. The minimum absolute atomic E-state index is 0.147. The van der Waals surface area contributed by atoms with Crippen LogP contribution in [0, 0.1) is 11.2 Å². The van der Waals surface area contributed by atoms with Gasteiger partial charge in [0.25, 0.3) is 0 Å². The summed E-state index contributed by atoms with van der Waals surface area (Å²) in [5.74, 6) is -0.536.